The average molecular weight is 243 g/mol. The predicted molar refractivity (Wildman–Crippen MR) is 79.4 cm³/mol. The highest BCUT2D eigenvalue weighted by atomic mass is 14.5. The maximum Gasteiger partial charge on any atom is 0.0142 e. The number of aryl methyl sites for hydroxylation is 1. The van der Waals surface area contributed by atoms with E-state index < -0.39 is 0 Å². The fourth-order valence-corrected chi connectivity index (χ4v) is 3.01. The molecule has 0 bridgehead atoms. The Bertz CT molecular complexity index is 400. The lowest BCUT2D eigenvalue weighted by molar-refractivity contribution is 0.401. The van der Waals surface area contributed by atoms with Crippen molar-refractivity contribution >= 4 is 6.08 Å². The van der Waals surface area contributed by atoms with E-state index in [-0.39, 0.29) is 0 Å². The summed E-state index contributed by atoms with van der Waals surface area (Å²) in [5.41, 5.74) is 10.2. The number of rotatable bonds is 4. The third kappa shape index (κ3) is 3.23. The molecule has 1 aliphatic carbocycles. The highest BCUT2D eigenvalue weighted by molar-refractivity contribution is 5.57. The van der Waals surface area contributed by atoms with Gasteiger partial charge >= 0.3 is 0 Å². The van der Waals surface area contributed by atoms with Crippen LogP contribution in [-0.4, -0.2) is 6.54 Å². The summed E-state index contributed by atoms with van der Waals surface area (Å²) in [7, 11) is 0. The predicted octanol–water partition coefficient (Wildman–Crippen LogP) is 4.17. The molecule has 1 heteroatoms. The molecule has 1 saturated carbocycles. The van der Waals surface area contributed by atoms with Crippen molar-refractivity contribution in [2.45, 2.75) is 45.4 Å². The van der Waals surface area contributed by atoms with Crippen LogP contribution in [-0.2, 0) is 6.42 Å². The first-order valence-electron chi connectivity index (χ1n) is 7.33. The Morgan fingerprint density at radius 1 is 1.22 bits per heavy atom. The van der Waals surface area contributed by atoms with Crippen molar-refractivity contribution in [3.8, 4) is 0 Å². The molecule has 0 spiro atoms. The molecule has 0 saturated heterocycles. The van der Waals surface area contributed by atoms with Crippen LogP contribution in [0.1, 0.15) is 50.2 Å². The molecule has 2 rings (SSSR count). The van der Waals surface area contributed by atoms with Crippen LogP contribution in [0.25, 0.3) is 6.08 Å². The molecule has 2 N–H and O–H groups in total. The van der Waals surface area contributed by atoms with Crippen LogP contribution < -0.4 is 5.73 Å². The molecule has 98 valence electrons. The SMILES string of the molecule is CCc1ccccc1C=C(CN)C1CCCCC1. The lowest BCUT2D eigenvalue weighted by atomic mass is 9.82. The Labute approximate surface area is 111 Å². The minimum atomic E-state index is 0.711. The number of nitrogens with two attached hydrogens (primary N) is 1. The smallest absolute Gasteiger partial charge is 0.0142 e. The summed E-state index contributed by atoms with van der Waals surface area (Å²) in [6.45, 7) is 2.93. The van der Waals surface area contributed by atoms with Crippen molar-refractivity contribution in [1.82, 2.24) is 0 Å². The molecule has 0 unspecified atom stereocenters. The monoisotopic (exact) mass is 243 g/mol. The van der Waals surface area contributed by atoms with Crippen LogP contribution in [0, 0.1) is 5.92 Å². The Morgan fingerprint density at radius 3 is 2.61 bits per heavy atom. The van der Waals surface area contributed by atoms with E-state index in [0.717, 1.165) is 12.3 Å². The third-order valence-electron chi connectivity index (χ3n) is 4.14. The van der Waals surface area contributed by atoms with Crippen molar-refractivity contribution in [3.05, 3.63) is 41.0 Å². The summed E-state index contributed by atoms with van der Waals surface area (Å²) >= 11 is 0. The van der Waals surface area contributed by atoms with Crippen molar-refractivity contribution in [2.24, 2.45) is 11.7 Å². The van der Waals surface area contributed by atoms with Gasteiger partial charge in [-0.3, -0.25) is 0 Å². The molecule has 1 fully saturated rings. The zero-order chi connectivity index (χ0) is 12.8. The van der Waals surface area contributed by atoms with Crippen LogP contribution in [0.3, 0.4) is 0 Å². The van der Waals surface area contributed by atoms with Gasteiger partial charge in [0, 0.05) is 6.54 Å². The van der Waals surface area contributed by atoms with Gasteiger partial charge in [-0.25, -0.2) is 0 Å². The largest absolute Gasteiger partial charge is 0.327 e. The van der Waals surface area contributed by atoms with E-state index in [9.17, 15) is 0 Å². The molecule has 18 heavy (non-hydrogen) atoms. The summed E-state index contributed by atoms with van der Waals surface area (Å²) < 4.78 is 0. The molecule has 1 aromatic carbocycles. The molecule has 0 amide bonds. The fraction of sp³-hybridized carbons (Fsp3) is 0.529. The Morgan fingerprint density at radius 2 is 1.94 bits per heavy atom. The van der Waals surface area contributed by atoms with Gasteiger partial charge < -0.3 is 5.73 Å². The first-order valence-corrected chi connectivity index (χ1v) is 7.33. The molecular formula is C17H25N. The standard InChI is InChI=1S/C17H25N/c1-2-14-8-6-7-11-16(14)12-17(13-18)15-9-4-3-5-10-15/h6-8,11-12,15H,2-5,9-10,13,18H2,1H3. The second kappa shape index (κ2) is 6.75. The molecule has 0 aliphatic heterocycles. The molecule has 0 atom stereocenters. The highest BCUT2D eigenvalue weighted by Gasteiger charge is 2.16. The van der Waals surface area contributed by atoms with Crippen molar-refractivity contribution in [3.63, 3.8) is 0 Å². The third-order valence-corrected chi connectivity index (χ3v) is 4.14. The molecule has 0 radical (unpaired) electrons. The van der Waals surface area contributed by atoms with Crippen molar-refractivity contribution in [1.29, 1.82) is 0 Å². The van der Waals surface area contributed by atoms with Gasteiger partial charge in [0.2, 0.25) is 0 Å². The fourth-order valence-electron chi connectivity index (χ4n) is 3.01. The summed E-state index contributed by atoms with van der Waals surface area (Å²) in [5, 5.41) is 0. The summed E-state index contributed by atoms with van der Waals surface area (Å²) in [4.78, 5) is 0. The van der Waals surface area contributed by atoms with Gasteiger partial charge in [0.25, 0.3) is 0 Å². The Kier molecular flexibility index (Phi) is 5.00. The van der Waals surface area contributed by atoms with E-state index in [4.69, 9.17) is 5.73 Å². The average Bonchev–Trinajstić information content (AvgIpc) is 2.46. The normalized spacial score (nSPS) is 18.0. The summed E-state index contributed by atoms with van der Waals surface area (Å²) in [6, 6.07) is 8.69. The molecule has 1 aliphatic rings. The van der Waals surface area contributed by atoms with Crippen LogP contribution in [0.2, 0.25) is 0 Å². The maximum atomic E-state index is 5.97. The van der Waals surface area contributed by atoms with Gasteiger partial charge in [-0.1, -0.05) is 62.1 Å². The van der Waals surface area contributed by atoms with Crippen LogP contribution in [0.4, 0.5) is 0 Å². The number of hydrogen-bond acceptors (Lipinski definition) is 1. The van der Waals surface area contributed by atoms with Gasteiger partial charge in [0.05, 0.1) is 0 Å². The highest BCUT2D eigenvalue weighted by Crippen LogP contribution is 2.30. The Hall–Kier alpha value is -1.08. The van der Waals surface area contributed by atoms with E-state index in [1.165, 1.54) is 48.8 Å². The molecule has 0 heterocycles. The van der Waals surface area contributed by atoms with E-state index in [1.807, 2.05) is 0 Å². The minimum absolute atomic E-state index is 0.711. The summed E-state index contributed by atoms with van der Waals surface area (Å²) in [5.74, 6) is 0.730. The van der Waals surface area contributed by atoms with Gasteiger partial charge in [-0.05, 0) is 36.3 Å². The van der Waals surface area contributed by atoms with E-state index in [2.05, 4.69) is 37.3 Å². The summed E-state index contributed by atoms with van der Waals surface area (Å²) in [6.07, 6.45) is 10.3. The van der Waals surface area contributed by atoms with Gasteiger partial charge in [0.1, 0.15) is 0 Å². The zero-order valence-corrected chi connectivity index (χ0v) is 11.5. The van der Waals surface area contributed by atoms with E-state index in [0.29, 0.717) is 6.54 Å². The molecular weight excluding hydrogens is 218 g/mol. The second-order valence-corrected chi connectivity index (χ2v) is 5.31. The topological polar surface area (TPSA) is 26.0 Å². The first-order chi connectivity index (χ1) is 8.85. The lowest BCUT2D eigenvalue weighted by Gasteiger charge is -2.24. The zero-order valence-electron chi connectivity index (χ0n) is 11.5. The molecule has 1 aromatic rings. The quantitative estimate of drug-likeness (QED) is 0.844. The Balaban J connectivity index is 2.22. The second-order valence-electron chi connectivity index (χ2n) is 5.31. The first kappa shape index (κ1) is 13.4. The van der Waals surface area contributed by atoms with Gasteiger partial charge in [-0.15, -0.1) is 0 Å². The maximum absolute atomic E-state index is 5.97. The minimum Gasteiger partial charge on any atom is -0.327 e. The molecule has 0 aromatic heterocycles. The van der Waals surface area contributed by atoms with Crippen molar-refractivity contribution < 1.29 is 0 Å². The van der Waals surface area contributed by atoms with Crippen molar-refractivity contribution in [2.75, 3.05) is 6.54 Å². The lowest BCUT2D eigenvalue weighted by Crippen LogP contribution is -2.16. The van der Waals surface area contributed by atoms with Crippen LogP contribution in [0.5, 0.6) is 0 Å². The van der Waals surface area contributed by atoms with Crippen LogP contribution >= 0.6 is 0 Å². The number of hydrogen-bond donors (Lipinski definition) is 1. The number of benzene rings is 1. The van der Waals surface area contributed by atoms with E-state index >= 15 is 0 Å². The molecule has 1 nitrogen and oxygen atoms in total. The van der Waals surface area contributed by atoms with E-state index in [1.54, 1.807) is 0 Å². The van der Waals surface area contributed by atoms with Gasteiger partial charge in [-0.2, -0.15) is 0 Å². The van der Waals surface area contributed by atoms with Gasteiger partial charge in [0.15, 0.2) is 0 Å². The van der Waals surface area contributed by atoms with Crippen LogP contribution in [0.15, 0.2) is 29.8 Å².